The Morgan fingerprint density at radius 1 is 1.11 bits per heavy atom. The second kappa shape index (κ2) is 6.04. The van der Waals surface area contributed by atoms with Crippen molar-refractivity contribution in [3.8, 4) is 5.75 Å². The first-order valence-electron chi connectivity index (χ1n) is 6.01. The fourth-order valence-corrected chi connectivity index (χ4v) is 2.08. The predicted molar refractivity (Wildman–Crippen MR) is 74.9 cm³/mol. The lowest BCUT2D eigenvalue weighted by Crippen LogP contribution is -2.29. The summed E-state index contributed by atoms with van der Waals surface area (Å²) in [5.74, 6) is -0.245. The molecule has 0 amide bonds. The highest BCUT2D eigenvalue weighted by Gasteiger charge is 2.21. The van der Waals surface area contributed by atoms with Crippen LogP contribution in [0, 0.1) is 5.82 Å². The van der Waals surface area contributed by atoms with Gasteiger partial charge in [-0.15, -0.1) is 0 Å². The van der Waals surface area contributed by atoms with Crippen LogP contribution in [0.5, 0.6) is 5.75 Å². The first-order valence-corrected chi connectivity index (χ1v) is 6.38. The van der Waals surface area contributed by atoms with Gasteiger partial charge in [-0.05, 0) is 25.1 Å². The van der Waals surface area contributed by atoms with Crippen molar-refractivity contribution < 1.29 is 9.13 Å². The van der Waals surface area contributed by atoms with E-state index in [1.807, 2.05) is 18.2 Å². The summed E-state index contributed by atoms with van der Waals surface area (Å²) >= 11 is 6.14. The van der Waals surface area contributed by atoms with Crippen LogP contribution >= 0.6 is 11.6 Å². The lowest BCUT2D eigenvalue weighted by molar-refractivity contribution is 0.172. The van der Waals surface area contributed by atoms with Crippen LogP contribution < -0.4 is 10.5 Å². The van der Waals surface area contributed by atoms with E-state index >= 15 is 0 Å². The highest BCUT2D eigenvalue weighted by Crippen LogP contribution is 2.30. The lowest BCUT2D eigenvalue weighted by atomic mass is 10.0. The van der Waals surface area contributed by atoms with E-state index in [1.165, 1.54) is 6.07 Å². The minimum absolute atomic E-state index is 0.171. The Balaban J connectivity index is 2.33. The third-order valence-corrected chi connectivity index (χ3v) is 3.12. The second-order valence-corrected chi connectivity index (χ2v) is 4.76. The summed E-state index contributed by atoms with van der Waals surface area (Å²) in [4.78, 5) is 0. The van der Waals surface area contributed by atoms with E-state index in [2.05, 4.69) is 0 Å². The van der Waals surface area contributed by atoms with Gasteiger partial charge in [0.25, 0.3) is 0 Å². The van der Waals surface area contributed by atoms with Gasteiger partial charge in [0.05, 0.1) is 0 Å². The molecule has 0 aliphatic heterocycles. The zero-order chi connectivity index (χ0) is 13.8. The molecule has 0 aliphatic rings. The van der Waals surface area contributed by atoms with Crippen LogP contribution in [0.15, 0.2) is 48.5 Å². The number of benzene rings is 2. The fourth-order valence-electron chi connectivity index (χ4n) is 1.84. The summed E-state index contributed by atoms with van der Waals surface area (Å²) in [7, 11) is 0. The normalized spacial score (nSPS) is 13.9. The van der Waals surface area contributed by atoms with Gasteiger partial charge in [-0.25, -0.2) is 4.39 Å². The molecule has 0 bridgehead atoms. The first-order chi connectivity index (χ1) is 9.09. The van der Waals surface area contributed by atoms with E-state index < -0.39 is 11.9 Å². The van der Waals surface area contributed by atoms with Crippen LogP contribution in [-0.2, 0) is 0 Å². The maximum atomic E-state index is 13.6. The molecule has 0 aromatic heterocycles. The van der Waals surface area contributed by atoms with Gasteiger partial charge in [0.2, 0.25) is 0 Å². The van der Waals surface area contributed by atoms with E-state index in [-0.39, 0.29) is 11.8 Å². The van der Waals surface area contributed by atoms with Crippen LogP contribution in [0.25, 0.3) is 0 Å². The number of hydrogen-bond acceptors (Lipinski definition) is 2. The number of nitrogens with two attached hydrogens (primary N) is 1. The number of para-hydroxylation sites is 1. The van der Waals surface area contributed by atoms with E-state index in [0.29, 0.717) is 5.02 Å². The lowest BCUT2D eigenvalue weighted by Gasteiger charge is -2.24. The van der Waals surface area contributed by atoms with Crippen molar-refractivity contribution >= 4 is 11.6 Å². The molecule has 19 heavy (non-hydrogen) atoms. The molecule has 2 atom stereocenters. The number of hydrogen-bond donors (Lipinski definition) is 1. The Labute approximate surface area is 117 Å². The molecular weight excluding hydrogens is 265 g/mol. The SMILES string of the molecule is CC(N)C(Oc1ccccc1F)c1ccccc1Cl. The third kappa shape index (κ3) is 3.25. The minimum Gasteiger partial charge on any atom is -0.481 e. The minimum atomic E-state index is -0.495. The zero-order valence-corrected chi connectivity index (χ0v) is 11.3. The summed E-state index contributed by atoms with van der Waals surface area (Å²) in [6.07, 6.45) is -0.495. The van der Waals surface area contributed by atoms with E-state index in [4.69, 9.17) is 22.1 Å². The second-order valence-electron chi connectivity index (χ2n) is 4.35. The summed E-state index contributed by atoms with van der Waals surface area (Å²) in [6.45, 7) is 1.80. The van der Waals surface area contributed by atoms with Crippen LogP contribution in [0.4, 0.5) is 4.39 Å². The molecule has 4 heteroatoms. The summed E-state index contributed by atoms with van der Waals surface area (Å²) < 4.78 is 19.3. The maximum Gasteiger partial charge on any atom is 0.165 e. The standard InChI is InChI=1S/C15H15ClFNO/c1-10(18)15(11-6-2-3-7-12(11)16)19-14-9-5-4-8-13(14)17/h2-10,15H,18H2,1H3. The summed E-state index contributed by atoms with van der Waals surface area (Å²) in [5, 5.41) is 0.557. The van der Waals surface area contributed by atoms with Gasteiger partial charge < -0.3 is 10.5 Å². The zero-order valence-electron chi connectivity index (χ0n) is 10.5. The van der Waals surface area contributed by atoms with Gasteiger partial charge in [0, 0.05) is 16.6 Å². The largest absolute Gasteiger partial charge is 0.481 e. The smallest absolute Gasteiger partial charge is 0.165 e. The monoisotopic (exact) mass is 279 g/mol. The van der Waals surface area contributed by atoms with Crippen molar-refractivity contribution in [2.45, 2.75) is 19.1 Å². The van der Waals surface area contributed by atoms with Crippen LogP contribution in [0.2, 0.25) is 5.02 Å². The van der Waals surface area contributed by atoms with Crippen LogP contribution in [-0.4, -0.2) is 6.04 Å². The Morgan fingerprint density at radius 2 is 1.74 bits per heavy atom. The van der Waals surface area contributed by atoms with Crippen LogP contribution in [0.1, 0.15) is 18.6 Å². The van der Waals surface area contributed by atoms with Gasteiger partial charge in [0.1, 0.15) is 6.10 Å². The molecule has 2 aromatic rings. The van der Waals surface area contributed by atoms with Crippen LogP contribution in [0.3, 0.4) is 0 Å². The molecule has 0 spiro atoms. The van der Waals surface area contributed by atoms with Gasteiger partial charge in [-0.1, -0.05) is 41.9 Å². The van der Waals surface area contributed by atoms with E-state index in [0.717, 1.165) is 5.56 Å². The predicted octanol–water partition coefficient (Wildman–Crippen LogP) is 3.95. The molecule has 2 rings (SSSR count). The Hall–Kier alpha value is -1.58. The van der Waals surface area contributed by atoms with E-state index in [1.54, 1.807) is 31.2 Å². The van der Waals surface area contributed by atoms with Crippen molar-refractivity contribution in [2.24, 2.45) is 5.73 Å². The Bertz CT molecular complexity index is 559. The van der Waals surface area contributed by atoms with Gasteiger partial charge in [-0.3, -0.25) is 0 Å². The molecule has 2 aromatic carbocycles. The Kier molecular flexibility index (Phi) is 4.40. The quantitative estimate of drug-likeness (QED) is 0.920. The maximum absolute atomic E-state index is 13.6. The van der Waals surface area contributed by atoms with Gasteiger partial charge in [-0.2, -0.15) is 0 Å². The van der Waals surface area contributed by atoms with Crippen molar-refractivity contribution in [1.82, 2.24) is 0 Å². The average Bonchev–Trinajstić information content (AvgIpc) is 2.38. The fraction of sp³-hybridized carbons (Fsp3) is 0.200. The molecule has 0 aliphatic carbocycles. The van der Waals surface area contributed by atoms with Crippen molar-refractivity contribution in [2.75, 3.05) is 0 Å². The molecule has 100 valence electrons. The average molecular weight is 280 g/mol. The topological polar surface area (TPSA) is 35.2 Å². The molecule has 0 heterocycles. The van der Waals surface area contributed by atoms with Crippen molar-refractivity contribution in [3.05, 3.63) is 64.9 Å². The summed E-state index contributed by atoms with van der Waals surface area (Å²) in [5.41, 5.74) is 6.68. The molecule has 0 saturated heterocycles. The highest BCUT2D eigenvalue weighted by molar-refractivity contribution is 6.31. The highest BCUT2D eigenvalue weighted by atomic mass is 35.5. The van der Waals surface area contributed by atoms with Gasteiger partial charge in [0.15, 0.2) is 11.6 Å². The molecule has 0 fully saturated rings. The molecule has 2 unspecified atom stereocenters. The van der Waals surface area contributed by atoms with Gasteiger partial charge >= 0.3 is 0 Å². The third-order valence-electron chi connectivity index (χ3n) is 2.78. The van der Waals surface area contributed by atoms with Crippen molar-refractivity contribution in [1.29, 1.82) is 0 Å². The number of halogens is 2. The Morgan fingerprint density at radius 3 is 2.37 bits per heavy atom. The molecule has 0 saturated carbocycles. The van der Waals surface area contributed by atoms with Crippen molar-refractivity contribution in [3.63, 3.8) is 0 Å². The first kappa shape index (κ1) is 13.8. The molecule has 2 nitrogen and oxygen atoms in total. The molecule has 2 N–H and O–H groups in total. The molecular formula is C15H15ClFNO. The van der Waals surface area contributed by atoms with E-state index in [9.17, 15) is 4.39 Å². The number of rotatable bonds is 4. The summed E-state index contributed by atoms with van der Waals surface area (Å²) in [6, 6.07) is 13.2. The molecule has 0 radical (unpaired) electrons. The number of ether oxygens (including phenoxy) is 1.